The SMILES string of the molecule is C=CCc1cc(C(=O)Nc2ccc(C34CC5CC(CC(C5)C3)C4)cc2)ccc1OC. The lowest BCUT2D eigenvalue weighted by Crippen LogP contribution is -2.48. The number of benzene rings is 2. The second-order valence-corrected chi connectivity index (χ2v) is 9.75. The Morgan fingerprint density at radius 1 is 1.07 bits per heavy atom. The summed E-state index contributed by atoms with van der Waals surface area (Å²) in [5.41, 5.74) is 4.34. The molecule has 4 bridgehead atoms. The van der Waals surface area contributed by atoms with E-state index < -0.39 is 0 Å². The Bertz CT molecular complexity index is 924. The van der Waals surface area contributed by atoms with Crippen molar-refractivity contribution in [3.8, 4) is 5.75 Å². The summed E-state index contributed by atoms with van der Waals surface area (Å²) in [6.45, 7) is 3.79. The minimum absolute atomic E-state index is 0.0921. The lowest BCUT2D eigenvalue weighted by Gasteiger charge is -2.57. The highest BCUT2D eigenvalue weighted by atomic mass is 16.5. The maximum absolute atomic E-state index is 12.8. The summed E-state index contributed by atoms with van der Waals surface area (Å²) in [5, 5.41) is 3.06. The largest absolute Gasteiger partial charge is 0.496 e. The highest BCUT2D eigenvalue weighted by Gasteiger charge is 2.51. The Kier molecular flexibility index (Phi) is 4.92. The molecule has 0 atom stereocenters. The van der Waals surface area contributed by atoms with Gasteiger partial charge in [-0.3, -0.25) is 4.79 Å². The third kappa shape index (κ3) is 3.45. The van der Waals surface area contributed by atoms with E-state index in [-0.39, 0.29) is 5.91 Å². The Balaban J connectivity index is 1.31. The number of hydrogen-bond acceptors (Lipinski definition) is 2. The number of carbonyl (C=O) groups excluding carboxylic acids is 1. The van der Waals surface area contributed by atoms with Crippen LogP contribution in [-0.4, -0.2) is 13.0 Å². The molecule has 1 N–H and O–H groups in total. The van der Waals surface area contributed by atoms with Gasteiger partial charge in [0.25, 0.3) is 5.91 Å². The van der Waals surface area contributed by atoms with E-state index in [1.165, 1.54) is 44.1 Å². The van der Waals surface area contributed by atoms with Gasteiger partial charge >= 0.3 is 0 Å². The van der Waals surface area contributed by atoms with Gasteiger partial charge in [0.15, 0.2) is 0 Å². The van der Waals surface area contributed by atoms with E-state index in [1.807, 2.05) is 24.3 Å². The summed E-state index contributed by atoms with van der Waals surface area (Å²) in [5.74, 6) is 3.51. The van der Waals surface area contributed by atoms with Gasteiger partial charge in [0.1, 0.15) is 5.75 Å². The standard InChI is InChI=1S/C27H31NO2/c1-3-4-21-14-22(5-10-25(21)30-2)26(29)28-24-8-6-23(7-9-24)27-15-18-11-19(16-27)13-20(12-18)17-27/h3,5-10,14,18-20H,1,4,11-13,15-17H2,2H3,(H,28,29). The molecule has 4 aliphatic rings. The van der Waals surface area contributed by atoms with Crippen LogP contribution in [0.4, 0.5) is 5.69 Å². The number of carbonyl (C=O) groups is 1. The number of amides is 1. The van der Waals surface area contributed by atoms with Crippen molar-refractivity contribution in [2.75, 3.05) is 12.4 Å². The van der Waals surface area contributed by atoms with Crippen LogP contribution < -0.4 is 10.1 Å². The molecular weight excluding hydrogens is 370 g/mol. The van der Waals surface area contributed by atoms with Crippen molar-refractivity contribution >= 4 is 11.6 Å². The molecule has 0 aliphatic heterocycles. The van der Waals surface area contributed by atoms with E-state index in [0.717, 1.165) is 34.8 Å². The predicted molar refractivity (Wildman–Crippen MR) is 121 cm³/mol. The van der Waals surface area contributed by atoms with Crippen molar-refractivity contribution in [1.82, 2.24) is 0 Å². The maximum Gasteiger partial charge on any atom is 0.255 e. The van der Waals surface area contributed by atoms with Crippen LogP contribution in [0.2, 0.25) is 0 Å². The molecule has 4 aliphatic carbocycles. The first kappa shape index (κ1) is 19.4. The predicted octanol–water partition coefficient (Wildman–Crippen LogP) is 6.14. The molecule has 0 saturated heterocycles. The van der Waals surface area contributed by atoms with E-state index in [4.69, 9.17) is 4.74 Å². The maximum atomic E-state index is 12.8. The Hall–Kier alpha value is -2.55. The molecule has 2 aromatic rings. The summed E-state index contributed by atoms with van der Waals surface area (Å²) in [6.07, 6.45) is 11.0. The van der Waals surface area contributed by atoms with Crippen molar-refractivity contribution in [2.24, 2.45) is 17.8 Å². The van der Waals surface area contributed by atoms with Gasteiger partial charge in [0.2, 0.25) is 0 Å². The highest BCUT2D eigenvalue weighted by molar-refractivity contribution is 6.04. The number of anilines is 1. The van der Waals surface area contributed by atoms with Gasteiger partial charge in [-0.2, -0.15) is 0 Å². The number of rotatable bonds is 6. The zero-order valence-electron chi connectivity index (χ0n) is 17.8. The second kappa shape index (κ2) is 7.61. The van der Waals surface area contributed by atoms with Crippen molar-refractivity contribution in [2.45, 2.75) is 50.4 Å². The van der Waals surface area contributed by atoms with E-state index >= 15 is 0 Å². The fourth-order valence-corrected chi connectivity index (χ4v) is 6.81. The molecular formula is C27H31NO2. The van der Waals surface area contributed by atoms with Crippen LogP contribution in [0.3, 0.4) is 0 Å². The summed E-state index contributed by atoms with van der Waals surface area (Å²) in [4.78, 5) is 12.8. The van der Waals surface area contributed by atoms with Crippen LogP contribution in [0.25, 0.3) is 0 Å². The van der Waals surface area contributed by atoms with Gasteiger partial charge in [0, 0.05) is 11.3 Å². The first-order valence-electron chi connectivity index (χ1n) is 11.3. The molecule has 0 radical (unpaired) electrons. The molecule has 3 heteroatoms. The van der Waals surface area contributed by atoms with Crippen molar-refractivity contribution < 1.29 is 9.53 Å². The molecule has 30 heavy (non-hydrogen) atoms. The van der Waals surface area contributed by atoms with E-state index in [0.29, 0.717) is 17.4 Å². The number of ether oxygens (including phenoxy) is 1. The zero-order chi connectivity index (χ0) is 20.7. The molecule has 4 fully saturated rings. The topological polar surface area (TPSA) is 38.3 Å². The van der Waals surface area contributed by atoms with Gasteiger partial charge in [-0.1, -0.05) is 18.2 Å². The normalized spacial score (nSPS) is 28.9. The molecule has 0 aromatic heterocycles. The van der Waals surface area contributed by atoms with Gasteiger partial charge in [0.05, 0.1) is 7.11 Å². The second-order valence-electron chi connectivity index (χ2n) is 9.75. The molecule has 0 heterocycles. The highest BCUT2D eigenvalue weighted by Crippen LogP contribution is 2.60. The Morgan fingerprint density at radius 3 is 2.27 bits per heavy atom. The number of allylic oxidation sites excluding steroid dienone is 1. The monoisotopic (exact) mass is 401 g/mol. The fourth-order valence-electron chi connectivity index (χ4n) is 6.81. The lowest BCUT2D eigenvalue weighted by atomic mass is 9.48. The molecule has 6 rings (SSSR count). The third-order valence-electron chi connectivity index (χ3n) is 7.70. The van der Waals surface area contributed by atoms with Gasteiger partial charge in [-0.05, 0) is 110 Å². The Morgan fingerprint density at radius 2 is 1.70 bits per heavy atom. The smallest absolute Gasteiger partial charge is 0.255 e. The lowest BCUT2D eigenvalue weighted by molar-refractivity contribution is -0.00518. The van der Waals surface area contributed by atoms with E-state index in [9.17, 15) is 4.79 Å². The fraction of sp³-hybridized carbons (Fsp3) is 0.444. The van der Waals surface area contributed by atoms with Crippen LogP contribution in [-0.2, 0) is 11.8 Å². The minimum atomic E-state index is -0.0921. The molecule has 1 amide bonds. The average molecular weight is 402 g/mol. The number of methoxy groups -OCH3 is 1. The van der Waals surface area contributed by atoms with E-state index in [2.05, 4.69) is 36.2 Å². The first-order valence-corrected chi connectivity index (χ1v) is 11.3. The van der Waals surface area contributed by atoms with Crippen LogP contribution in [0, 0.1) is 17.8 Å². The van der Waals surface area contributed by atoms with Crippen LogP contribution in [0.1, 0.15) is 60.0 Å². The quantitative estimate of drug-likeness (QED) is 0.590. The first-order chi connectivity index (χ1) is 14.6. The molecule has 3 nitrogen and oxygen atoms in total. The summed E-state index contributed by atoms with van der Waals surface area (Å²) in [7, 11) is 1.65. The van der Waals surface area contributed by atoms with Crippen LogP contribution in [0.5, 0.6) is 5.75 Å². The van der Waals surface area contributed by atoms with Crippen molar-refractivity contribution in [1.29, 1.82) is 0 Å². The third-order valence-corrected chi connectivity index (χ3v) is 7.70. The van der Waals surface area contributed by atoms with Crippen LogP contribution >= 0.6 is 0 Å². The molecule has 4 saturated carbocycles. The van der Waals surface area contributed by atoms with Crippen LogP contribution in [0.15, 0.2) is 55.1 Å². The average Bonchev–Trinajstić information content (AvgIpc) is 2.73. The summed E-state index contributed by atoms with van der Waals surface area (Å²) >= 11 is 0. The zero-order valence-corrected chi connectivity index (χ0v) is 17.8. The number of nitrogens with one attached hydrogen (secondary N) is 1. The van der Waals surface area contributed by atoms with Gasteiger partial charge in [-0.25, -0.2) is 0 Å². The summed E-state index contributed by atoms with van der Waals surface area (Å²) < 4.78 is 5.39. The summed E-state index contributed by atoms with van der Waals surface area (Å²) in [6, 6.07) is 14.2. The Labute approximate surface area is 179 Å². The van der Waals surface area contributed by atoms with Crippen molar-refractivity contribution in [3.63, 3.8) is 0 Å². The molecule has 0 spiro atoms. The molecule has 0 unspecified atom stereocenters. The van der Waals surface area contributed by atoms with Gasteiger partial charge in [-0.15, -0.1) is 6.58 Å². The number of hydrogen-bond donors (Lipinski definition) is 1. The van der Waals surface area contributed by atoms with Gasteiger partial charge < -0.3 is 10.1 Å². The molecule has 156 valence electrons. The minimum Gasteiger partial charge on any atom is -0.496 e. The van der Waals surface area contributed by atoms with Crippen molar-refractivity contribution in [3.05, 3.63) is 71.8 Å². The molecule has 2 aromatic carbocycles. The van der Waals surface area contributed by atoms with E-state index in [1.54, 1.807) is 7.11 Å².